The third kappa shape index (κ3) is 5.41. The summed E-state index contributed by atoms with van der Waals surface area (Å²) in [6.07, 6.45) is 5.89. The third-order valence-corrected chi connectivity index (χ3v) is 4.02. The molecule has 2 aromatic carbocycles. The monoisotopic (exact) mass is 307 g/mol. The second kappa shape index (κ2) is 8.33. The number of carbonyl (C=O) groups excluding carboxylic acids is 1. The summed E-state index contributed by atoms with van der Waals surface area (Å²) < 4.78 is 0. The standard InChI is InChI=1S/C21H25NO/c1-4-16(2)10-12-19-15-20(13-11-17(19)3)22-21(23)14-18-8-6-5-7-9-18/h5-13,15-16H,4,14H2,1-3H3,(H,22,23)/b12-10-. The van der Waals surface area contributed by atoms with Gasteiger partial charge in [0, 0.05) is 5.69 Å². The fourth-order valence-electron chi connectivity index (χ4n) is 2.29. The number of benzene rings is 2. The highest BCUT2D eigenvalue weighted by atomic mass is 16.1. The quantitative estimate of drug-likeness (QED) is 0.777. The van der Waals surface area contributed by atoms with E-state index in [1.807, 2.05) is 42.5 Å². The highest BCUT2D eigenvalue weighted by Crippen LogP contribution is 2.18. The summed E-state index contributed by atoms with van der Waals surface area (Å²) in [5.41, 5.74) is 4.24. The molecule has 0 radical (unpaired) electrons. The summed E-state index contributed by atoms with van der Waals surface area (Å²) >= 11 is 0. The first-order chi connectivity index (χ1) is 11.1. The maximum Gasteiger partial charge on any atom is 0.228 e. The molecule has 1 unspecified atom stereocenters. The van der Waals surface area contributed by atoms with E-state index in [1.165, 1.54) is 5.56 Å². The van der Waals surface area contributed by atoms with Crippen molar-refractivity contribution in [3.05, 3.63) is 71.3 Å². The SMILES string of the molecule is CCC(C)/C=C\c1cc(NC(=O)Cc2ccccc2)ccc1C. The summed E-state index contributed by atoms with van der Waals surface area (Å²) in [6, 6.07) is 15.8. The number of nitrogens with one attached hydrogen (secondary N) is 1. The molecule has 0 saturated heterocycles. The molecular formula is C21H25NO. The number of amides is 1. The van der Waals surface area contributed by atoms with Gasteiger partial charge in [0.1, 0.15) is 0 Å². The van der Waals surface area contributed by atoms with Crippen LogP contribution in [0.5, 0.6) is 0 Å². The molecule has 120 valence electrons. The number of hydrogen-bond donors (Lipinski definition) is 1. The minimum absolute atomic E-state index is 0.0110. The van der Waals surface area contributed by atoms with Crippen LogP contribution in [0.2, 0.25) is 0 Å². The van der Waals surface area contributed by atoms with Crippen molar-refractivity contribution in [3.8, 4) is 0 Å². The minimum atomic E-state index is 0.0110. The van der Waals surface area contributed by atoms with Gasteiger partial charge >= 0.3 is 0 Å². The van der Waals surface area contributed by atoms with Gasteiger partial charge in [-0.15, -0.1) is 0 Å². The zero-order valence-corrected chi connectivity index (χ0v) is 14.2. The van der Waals surface area contributed by atoms with Gasteiger partial charge in [0.05, 0.1) is 6.42 Å². The second-order valence-corrected chi connectivity index (χ2v) is 6.03. The number of hydrogen-bond acceptors (Lipinski definition) is 1. The minimum Gasteiger partial charge on any atom is -0.326 e. The fraction of sp³-hybridized carbons (Fsp3) is 0.286. The molecule has 2 aromatic rings. The number of carbonyl (C=O) groups is 1. The van der Waals surface area contributed by atoms with Crippen molar-refractivity contribution in [2.45, 2.75) is 33.6 Å². The molecule has 1 amide bonds. The average Bonchev–Trinajstić information content (AvgIpc) is 2.55. The van der Waals surface area contributed by atoms with Crippen molar-refractivity contribution in [3.63, 3.8) is 0 Å². The van der Waals surface area contributed by atoms with E-state index >= 15 is 0 Å². The van der Waals surface area contributed by atoms with E-state index in [0.717, 1.165) is 23.2 Å². The van der Waals surface area contributed by atoms with E-state index in [9.17, 15) is 4.79 Å². The predicted molar refractivity (Wildman–Crippen MR) is 98.4 cm³/mol. The van der Waals surface area contributed by atoms with Gasteiger partial charge < -0.3 is 5.32 Å². The number of anilines is 1. The second-order valence-electron chi connectivity index (χ2n) is 6.03. The Kier molecular flexibility index (Phi) is 6.16. The number of aryl methyl sites for hydroxylation is 1. The van der Waals surface area contributed by atoms with E-state index in [-0.39, 0.29) is 5.91 Å². The lowest BCUT2D eigenvalue weighted by Crippen LogP contribution is -2.14. The maximum absolute atomic E-state index is 12.2. The molecular weight excluding hydrogens is 282 g/mol. The van der Waals surface area contributed by atoms with Crippen LogP contribution < -0.4 is 5.32 Å². The molecule has 0 fully saturated rings. The predicted octanol–water partition coefficient (Wildman–Crippen LogP) is 5.24. The van der Waals surface area contributed by atoms with Crippen molar-refractivity contribution in [2.75, 3.05) is 5.32 Å². The first kappa shape index (κ1) is 17.0. The molecule has 0 saturated carbocycles. The molecule has 0 aliphatic carbocycles. The molecule has 2 rings (SSSR count). The van der Waals surface area contributed by atoms with Crippen molar-refractivity contribution in [1.82, 2.24) is 0 Å². The normalized spacial score (nSPS) is 12.3. The van der Waals surface area contributed by atoms with E-state index in [2.05, 4.69) is 44.3 Å². The lowest BCUT2D eigenvalue weighted by molar-refractivity contribution is -0.115. The molecule has 0 spiro atoms. The number of rotatable bonds is 6. The average molecular weight is 307 g/mol. The van der Waals surface area contributed by atoms with Crippen LogP contribution in [0.25, 0.3) is 6.08 Å². The van der Waals surface area contributed by atoms with Crippen LogP contribution in [0, 0.1) is 12.8 Å². The Labute approximate surface area is 139 Å². The smallest absolute Gasteiger partial charge is 0.228 e. The van der Waals surface area contributed by atoms with Gasteiger partial charge in [-0.25, -0.2) is 0 Å². The van der Waals surface area contributed by atoms with Crippen LogP contribution in [0.15, 0.2) is 54.6 Å². The molecule has 1 atom stereocenters. The summed E-state index contributed by atoms with van der Waals surface area (Å²) in [5.74, 6) is 0.572. The van der Waals surface area contributed by atoms with Gasteiger partial charge in [-0.3, -0.25) is 4.79 Å². The molecule has 2 nitrogen and oxygen atoms in total. The Balaban J connectivity index is 2.05. The summed E-state index contributed by atoms with van der Waals surface area (Å²) in [5, 5.41) is 2.99. The molecule has 23 heavy (non-hydrogen) atoms. The Hall–Kier alpha value is -2.35. The van der Waals surface area contributed by atoms with Crippen LogP contribution in [-0.2, 0) is 11.2 Å². The van der Waals surface area contributed by atoms with Crippen molar-refractivity contribution in [2.24, 2.45) is 5.92 Å². The first-order valence-corrected chi connectivity index (χ1v) is 8.21. The molecule has 0 aliphatic rings. The van der Waals surface area contributed by atoms with Crippen LogP contribution in [0.3, 0.4) is 0 Å². The molecule has 1 N–H and O–H groups in total. The topological polar surface area (TPSA) is 29.1 Å². The van der Waals surface area contributed by atoms with Crippen LogP contribution in [0.1, 0.15) is 37.0 Å². The Morgan fingerprint density at radius 2 is 1.91 bits per heavy atom. The van der Waals surface area contributed by atoms with Crippen molar-refractivity contribution < 1.29 is 4.79 Å². The highest BCUT2D eigenvalue weighted by Gasteiger charge is 2.05. The molecule has 0 bridgehead atoms. The van der Waals surface area contributed by atoms with Crippen molar-refractivity contribution in [1.29, 1.82) is 0 Å². The van der Waals surface area contributed by atoms with Crippen LogP contribution >= 0.6 is 0 Å². The van der Waals surface area contributed by atoms with E-state index in [1.54, 1.807) is 0 Å². The van der Waals surface area contributed by atoms with E-state index < -0.39 is 0 Å². The van der Waals surface area contributed by atoms with Crippen molar-refractivity contribution >= 4 is 17.7 Å². The fourth-order valence-corrected chi connectivity index (χ4v) is 2.29. The summed E-state index contributed by atoms with van der Waals surface area (Å²) in [6.45, 7) is 6.48. The Morgan fingerprint density at radius 1 is 1.17 bits per heavy atom. The lowest BCUT2D eigenvalue weighted by atomic mass is 10.0. The van der Waals surface area contributed by atoms with Gasteiger partial charge in [0.2, 0.25) is 5.91 Å². The largest absolute Gasteiger partial charge is 0.326 e. The highest BCUT2D eigenvalue weighted by molar-refractivity contribution is 5.92. The molecule has 2 heteroatoms. The zero-order chi connectivity index (χ0) is 16.7. The van der Waals surface area contributed by atoms with Gasteiger partial charge in [-0.1, -0.05) is 68.8 Å². The Morgan fingerprint density at radius 3 is 2.61 bits per heavy atom. The first-order valence-electron chi connectivity index (χ1n) is 8.21. The van der Waals surface area contributed by atoms with Gasteiger partial charge in [-0.05, 0) is 41.7 Å². The summed E-state index contributed by atoms with van der Waals surface area (Å²) in [7, 11) is 0. The van der Waals surface area contributed by atoms with Gasteiger partial charge in [0.25, 0.3) is 0 Å². The molecule has 0 heterocycles. The molecule has 0 aromatic heterocycles. The van der Waals surface area contributed by atoms with Crippen LogP contribution in [0.4, 0.5) is 5.69 Å². The van der Waals surface area contributed by atoms with E-state index in [0.29, 0.717) is 12.3 Å². The van der Waals surface area contributed by atoms with Gasteiger partial charge in [-0.2, -0.15) is 0 Å². The zero-order valence-electron chi connectivity index (χ0n) is 14.2. The summed E-state index contributed by atoms with van der Waals surface area (Å²) in [4.78, 5) is 12.2. The van der Waals surface area contributed by atoms with Crippen LogP contribution in [-0.4, -0.2) is 5.91 Å². The van der Waals surface area contributed by atoms with E-state index in [4.69, 9.17) is 0 Å². The maximum atomic E-state index is 12.2. The van der Waals surface area contributed by atoms with Gasteiger partial charge in [0.15, 0.2) is 0 Å². The third-order valence-electron chi connectivity index (χ3n) is 4.02. The number of allylic oxidation sites excluding steroid dienone is 1. The lowest BCUT2D eigenvalue weighted by Gasteiger charge is -2.09. The Bertz CT molecular complexity index is 673. The molecule has 0 aliphatic heterocycles.